The molecule has 0 aromatic carbocycles. The first-order valence-electron chi connectivity index (χ1n) is 8.69. The highest BCUT2D eigenvalue weighted by Crippen LogP contribution is 2.09. The van der Waals surface area contributed by atoms with Crippen LogP contribution in [0.25, 0.3) is 5.65 Å². The fraction of sp³-hybridized carbons (Fsp3) is 0.389. The van der Waals surface area contributed by atoms with Gasteiger partial charge in [-0.1, -0.05) is 6.07 Å². The van der Waals surface area contributed by atoms with Crippen LogP contribution in [0, 0.1) is 6.92 Å². The molecular formula is C18H25N7. The molecule has 0 bridgehead atoms. The average molecular weight is 339 g/mol. The van der Waals surface area contributed by atoms with Gasteiger partial charge in [0.2, 0.25) is 0 Å². The van der Waals surface area contributed by atoms with Crippen molar-refractivity contribution in [3.05, 3.63) is 54.2 Å². The van der Waals surface area contributed by atoms with Crippen LogP contribution in [0.5, 0.6) is 0 Å². The Hall–Kier alpha value is -2.83. The zero-order valence-corrected chi connectivity index (χ0v) is 14.8. The molecule has 0 aliphatic heterocycles. The fourth-order valence-corrected chi connectivity index (χ4v) is 2.66. The van der Waals surface area contributed by atoms with Gasteiger partial charge in [-0.25, -0.2) is 9.98 Å². The summed E-state index contributed by atoms with van der Waals surface area (Å²) in [6, 6.07) is 8.05. The number of hydrogen-bond donors (Lipinski definition) is 2. The average Bonchev–Trinajstić information content (AvgIpc) is 3.26. The highest BCUT2D eigenvalue weighted by Gasteiger charge is 2.03. The Balaban J connectivity index is 1.56. The van der Waals surface area contributed by atoms with Crippen molar-refractivity contribution >= 4 is 11.6 Å². The van der Waals surface area contributed by atoms with Gasteiger partial charge in [0.15, 0.2) is 5.96 Å². The molecule has 0 fully saturated rings. The molecule has 25 heavy (non-hydrogen) atoms. The Bertz CT molecular complexity index is 817. The van der Waals surface area contributed by atoms with E-state index >= 15 is 0 Å². The van der Waals surface area contributed by atoms with E-state index in [4.69, 9.17) is 0 Å². The molecule has 3 aromatic heterocycles. The van der Waals surface area contributed by atoms with E-state index in [2.05, 4.69) is 56.2 Å². The molecule has 2 N–H and O–H groups in total. The van der Waals surface area contributed by atoms with Gasteiger partial charge in [-0.15, -0.1) is 0 Å². The summed E-state index contributed by atoms with van der Waals surface area (Å²) < 4.78 is 4.03. The molecule has 0 spiro atoms. The van der Waals surface area contributed by atoms with Crippen molar-refractivity contribution in [1.29, 1.82) is 0 Å². The van der Waals surface area contributed by atoms with Crippen LogP contribution < -0.4 is 10.6 Å². The highest BCUT2D eigenvalue weighted by atomic mass is 15.3. The third-order valence-electron chi connectivity index (χ3n) is 3.90. The second-order valence-electron chi connectivity index (χ2n) is 5.87. The number of fused-ring (bicyclic) bond motifs is 1. The molecule has 0 amide bonds. The number of imidazole rings is 1. The molecule has 0 aliphatic rings. The van der Waals surface area contributed by atoms with E-state index in [1.807, 2.05) is 29.1 Å². The number of aryl methyl sites for hydroxylation is 2. The van der Waals surface area contributed by atoms with Crippen molar-refractivity contribution in [2.45, 2.75) is 33.4 Å². The molecule has 0 atom stereocenters. The third-order valence-corrected chi connectivity index (χ3v) is 3.90. The van der Waals surface area contributed by atoms with Crippen molar-refractivity contribution in [3.8, 4) is 0 Å². The monoisotopic (exact) mass is 339 g/mol. The fourth-order valence-electron chi connectivity index (χ4n) is 2.66. The Morgan fingerprint density at radius 3 is 2.92 bits per heavy atom. The van der Waals surface area contributed by atoms with Gasteiger partial charge in [-0.2, -0.15) is 5.10 Å². The van der Waals surface area contributed by atoms with Gasteiger partial charge >= 0.3 is 0 Å². The van der Waals surface area contributed by atoms with Crippen molar-refractivity contribution in [1.82, 2.24) is 29.8 Å². The summed E-state index contributed by atoms with van der Waals surface area (Å²) in [6.45, 7) is 7.26. The number of guanidine groups is 1. The number of aliphatic imine (C=N–C) groups is 1. The molecule has 0 aliphatic carbocycles. The van der Waals surface area contributed by atoms with Crippen LogP contribution >= 0.6 is 0 Å². The highest BCUT2D eigenvalue weighted by molar-refractivity contribution is 5.79. The largest absolute Gasteiger partial charge is 0.357 e. The summed E-state index contributed by atoms with van der Waals surface area (Å²) in [5, 5.41) is 10.8. The summed E-state index contributed by atoms with van der Waals surface area (Å²) >= 11 is 0. The van der Waals surface area contributed by atoms with E-state index in [1.54, 1.807) is 6.20 Å². The molecule has 7 heteroatoms. The van der Waals surface area contributed by atoms with E-state index < -0.39 is 0 Å². The first-order valence-corrected chi connectivity index (χ1v) is 8.69. The van der Waals surface area contributed by atoms with Gasteiger partial charge in [0, 0.05) is 43.9 Å². The Morgan fingerprint density at radius 2 is 2.16 bits per heavy atom. The Morgan fingerprint density at radius 1 is 1.24 bits per heavy atom. The number of aromatic nitrogens is 4. The van der Waals surface area contributed by atoms with E-state index in [9.17, 15) is 0 Å². The molecular weight excluding hydrogens is 314 g/mol. The van der Waals surface area contributed by atoms with Crippen LogP contribution in [-0.4, -0.2) is 38.2 Å². The topological polar surface area (TPSA) is 71.5 Å². The van der Waals surface area contributed by atoms with E-state index in [1.165, 1.54) is 5.69 Å². The van der Waals surface area contributed by atoms with E-state index in [-0.39, 0.29) is 0 Å². The zero-order chi connectivity index (χ0) is 17.5. The minimum atomic E-state index is 0.551. The number of nitrogens with one attached hydrogen (secondary N) is 2. The van der Waals surface area contributed by atoms with Crippen molar-refractivity contribution in [3.63, 3.8) is 0 Å². The summed E-state index contributed by atoms with van der Waals surface area (Å²) in [6.07, 6.45) is 6.81. The quantitative estimate of drug-likeness (QED) is 0.392. The van der Waals surface area contributed by atoms with Crippen LogP contribution in [0.2, 0.25) is 0 Å². The molecule has 0 saturated carbocycles. The normalized spacial score (nSPS) is 11.8. The minimum Gasteiger partial charge on any atom is -0.357 e. The molecule has 3 rings (SSSR count). The minimum absolute atomic E-state index is 0.551. The van der Waals surface area contributed by atoms with E-state index in [0.717, 1.165) is 43.4 Å². The van der Waals surface area contributed by atoms with Gasteiger partial charge in [0.1, 0.15) is 5.65 Å². The zero-order valence-electron chi connectivity index (χ0n) is 14.8. The van der Waals surface area contributed by atoms with Crippen LogP contribution in [0.15, 0.2) is 47.8 Å². The third kappa shape index (κ3) is 4.59. The van der Waals surface area contributed by atoms with Gasteiger partial charge < -0.3 is 15.0 Å². The molecule has 7 nitrogen and oxygen atoms in total. The lowest BCUT2D eigenvalue weighted by Crippen LogP contribution is -2.38. The second-order valence-corrected chi connectivity index (χ2v) is 5.87. The van der Waals surface area contributed by atoms with Crippen molar-refractivity contribution in [2.24, 2.45) is 4.99 Å². The van der Waals surface area contributed by atoms with Crippen LogP contribution in [0.1, 0.15) is 24.7 Å². The van der Waals surface area contributed by atoms with Gasteiger partial charge in [-0.3, -0.25) is 4.68 Å². The lowest BCUT2D eigenvalue weighted by Gasteiger charge is -2.10. The first kappa shape index (κ1) is 17.0. The first-order chi connectivity index (χ1) is 12.3. The predicted octanol–water partition coefficient (Wildman–Crippen LogP) is 1.98. The number of rotatable bonds is 7. The molecule has 3 aromatic rings. The van der Waals surface area contributed by atoms with Crippen LogP contribution in [-0.2, 0) is 13.1 Å². The summed E-state index contributed by atoms with van der Waals surface area (Å²) in [7, 11) is 0. The molecule has 0 radical (unpaired) electrons. The van der Waals surface area contributed by atoms with E-state index in [0.29, 0.717) is 6.54 Å². The van der Waals surface area contributed by atoms with Gasteiger partial charge in [-0.05, 0) is 38.5 Å². The SMILES string of the molecule is CCNC(=NCc1cn2c(C)cccc2n1)NCCCn1cccn1. The molecule has 132 valence electrons. The number of hydrogen-bond acceptors (Lipinski definition) is 3. The maximum Gasteiger partial charge on any atom is 0.191 e. The number of nitrogens with zero attached hydrogens (tertiary/aromatic N) is 5. The van der Waals surface area contributed by atoms with Gasteiger partial charge in [0.25, 0.3) is 0 Å². The lowest BCUT2D eigenvalue weighted by atomic mass is 10.4. The molecule has 0 unspecified atom stereocenters. The standard InChI is InChI=1S/C18H25N7/c1-3-19-18(20-9-5-11-24-12-6-10-22-24)21-13-16-14-25-15(2)7-4-8-17(25)23-16/h4,6-8,10,12,14H,3,5,9,11,13H2,1-2H3,(H2,19,20,21). The molecule has 0 saturated heterocycles. The maximum absolute atomic E-state index is 4.64. The summed E-state index contributed by atoms with van der Waals surface area (Å²) in [5.74, 6) is 0.816. The van der Waals surface area contributed by atoms with Crippen molar-refractivity contribution < 1.29 is 0 Å². The predicted molar refractivity (Wildman–Crippen MR) is 99.6 cm³/mol. The Kier molecular flexibility index (Phi) is 5.66. The smallest absolute Gasteiger partial charge is 0.191 e. The maximum atomic E-state index is 4.64. The summed E-state index contributed by atoms with van der Waals surface area (Å²) in [5.41, 5.74) is 3.09. The second kappa shape index (κ2) is 8.32. The molecule has 3 heterocycles. The van der Waals surface area contributed by atoms with Gasteiger partial charge in [0.05, 0.1) is 12.2 Å². The number of pyridine rings is 1. The Labute approximate surface area is 147 Å². The summed E-state index contributed by atoms with van der Waals surface area (Å²) in [4.78, 5) is 9.26. The van der Waals surface area contributed by atoms with Crippen LogP contribution in [0.4, 0.5) is 0 Å². The van der Waals surface area contributed by atoms with Crippen LogP contribution in [0.3, 0.4) is 0 Å². The van der Waals surface area contributed by atoms with Crippen molar-refractivity contribution in [2.75, 3.05) is 13.1 Å². The lowest BCUT2D eigenvalue weighted by molar-refractivity contribution is 0.570.